The van der Waals surface area contributed by atoms with Crippen molar-refractivity contribution in [3.63, 3.8) is 0 Å². The lowest BCUT2D eigenvalue weighted by molar-refractivity contribution is 0.415. The first-order chi connectivity index (χ1) is 44.2. The molecule has 0 atom stereocenters. The third kappa shape index (κ3) is 9.92. The molecule has 16 rings (SSSR count). The fraction of sp³-hybridized carbons (Fsp3) is 0.136. The molecule has 0 fully saturated rings. The Morgan fingerprint density at radius 1 is 0.275 bits per heavy atom. The van der Waals surface area contributed by atoms with E-state index in [1.165, 1.54) is 165 Å². The predicted octanol–water partition coefficient (Wildman–Crippen LogP) is 24.4. The van der Waals surface area contributed by atoms with E-state index in [9.17, 15) is 0 Å². The Morgan fingerprint density at radius 2 is 0.593 bits per heavy atom. The molecule has 0 N–H and O–H groups in total. The van der Waals surface area contributed by atoms with Crippen molar-refractivity contribution >= 4 is 86.7 Å². The van der Waals surface area contributed by atoms with Crippen molar-refractivity contribution in [2.45, 2.75) is 65.8 Å². The molecule has 0 aliphatic carbocycles. The highest BCUT2D eigenvalue weighted by Gasteiger charge is 2.25. The number of benzene rings is 14. The minimum atomic E-state index is 0.0382. The molecule has 0 bridgehead atoms. The van der Waals surface area contributed by atoms with Gasteiger partial charge < -0.3 is 13.9 Å². The second-order valence-corrected chi connectivity index (χ2v) is 26.7. The van der Waals surface area contributed by atoms with Crippen LogP contribution in [0.15, 0.2) is 273 Å². The van der Waals surface area contributed by atoms with Gasteiger partial charge in [0.1, 0.15) is 5.75 Å². The molecular weight excluding hydrogens is 1100 g/mol. The molecule has 442 valence electrons. The van der Waals surface area contributed by atoms with Crippen LogP contribution in [0, 0.1) is 0 Å². The number of aromatic nitrogens is 2. The van der Waals surface area contributed by atoms with E-state index in [0.29, 0.717) is 0 Å². The van der Waals surface area contributed by atoms with Crippen molar-refractivity contribution in [2.24, 2.45) is 7.05 Å². The van der Waals surface area contributed by atoms with Crippen molar-refractivity contribution in [2.75, 3.05) is 7.11 Å². The van der Waals surface area contributed by atoms with Gasteiger partial charge in [0, 0.05) is 57.2 Å². The van der Waals surface area contributed by atoms with Crippen LogP contribution in [0.2, 0.25) is 0 Å². The maximum Gasteiger partial charge on any atom is 0.118 e. The minimum Gasteiger partial charge on any atom is -0.497 e. The first kappa shape index (κ1) is 57.0. The van der Waals surface area contributed by atoms with Crippen LogP contribution >= 0.6 is 0 Å². The van der Waals surface area contributed by atoms with Gasteiger partial charge in [-0.25, -0.2) is 0 Å². The van der Waals surface area contributed by atoms with Crippen molar-refractivity contribution < 1.29 is 4.74 Å². The third-order valence-electron chi connectivity index (χ3n) is 19.2. The van der Waals surface area contributed by atoms with Crippen LogP contribution in [0.3, 0.4) is 0 Å². The second kappa shape index (κ2) is 22.5. The van der Waals surface area contributed by atoms with Gasteiger partial charge >= 0.3 is 0 Å². The summed E-state index contributed by atoms with van der Waals surface area (Å²) in [6, 6.07) is 101. The summed E-state index contributed by atoms with van der Waals surface area (Å²) in [5, 5.41) is 15.4. The van der Waals surface area contributed by atoms with Crippen LogP contribution in [-0.2, 0) is 24.4 Å². The SMILES string of the molecule is CCn1c2ccccc2c2cc(-c3cccc(-c4c5ccccc5c(-c5cc(C(C)(C)C)cc(C(C)(C)C)c5)c5ccccc45)c3)ccc21.COc1ccc(-c2c3ccccc3c(-c3cccc(-c4ccc5c(c4)c4ccccc4n5C)c3)c3ccccc23)cc1. The largest absolute Gasteiger partial charge is 0.497 e. The Bertz CT molecular complexity index is 5380. The molecule has 14 aromatic carbocycles. The maximum absolute atomic E-state index is 5.45. The highest BCUT2D eigenvalue weighted by molar-refractivity contribution is 6.23. The Kier molecular flexibility index (Phi) is 14.1. The molecule has 0 aliphatic rings. The predicted molar refractivity (Wildman–Crippen MR) is 392 cm³/mol. The standard InChI is InChI=1S/C48H45N.C40H29NO/c1-8-49-43-23-14-13-18-37(43)42-29-32(24-25-44(42)49)31-16-15-17-33(26-31)45-38-19-9-11-21-40(38)46(41-22-12-10-20-39(41)45)34-27-35(47(2,3)4)30-36(28-34)48(5,6)7;1-41-37-17-8-7-12-31(37)36-25-28(20-23-38(36)41)27-10-9-11-29(24-27)40-34-15-5-3-13-32(34)39(33-14-4-6-16-35(33)40)26-18-21-30(42-2)22-19-26/h9-30H,8H2,1-7H3;3-25H,1-2H3. The van der Waals surface area contributed by atoms with Gasteiger partial charge in [0.15, 0.2) is 0 Å². The highest BCUT2D eigenvalue weighted by Crippen LogP contribution is 2.48. The van der Waals surface area contributed by atoms with Gasteiger partial charge in [0.25, 0.3) is 0 Å². The normalized spacial score (nSPS) is 12.1. The van der Waals surface area contributed by atoms with Crippen LogP contribution in [0.25, 0.3) is 153 Å². The number of para-hydroxylation sites is 2. The zero-order valence-electron chi connectivity index (χ0n) is 53.5. The minimum absolute atomic E-state index is 0.0382. The van der Waals surface area contributed by atoms with Crippen molar-refractivity contribution in [3.8, 4) is 72.5 Å². The quantitative estimate of drug-likeness (QED) is 0.139. The fourth-order valence-corrected chi connectivity index (χ4v) is 14.5. The molecule has 16 aromatic rings. The van der Waals surface area contributed by atoms with Crippen molar-refractivity contribution in [1.82, 2.24) is 9.13 Å². The van der Waals surface area contributed by atoms with Gasteiger partial charge in [0.2, 0.25) is 0 Å². The zero-order chi connectivity index (χ0) is 62.3. The van der Waals surface area contributed by atoms with Crippen molar-refractivity contribution in [1.29, 1.82) is 0 Å². The number of rotatable bonds is 8. The van der Waals surface area contributed by atoms with Crippen LogP contribution in [0.5, 0.6) is 5.75 Å². The number of aryl methyl sites for hydroxylation is 2. The number of fused-ring (bicyclic) bond motifs is 10. The van der Waals surface area contributed by atoms with E-state index in [2.05, 4.69) is 326 Å². The number of methoxy groups -OCH3 is 1. The summed E-state index contributed by atoms with van der Waals surface area (Å²) in [5.74, 6) is 0.863. The number of hydrogen-bond acceptors (Lipinski definition) is 1. The molecule has 3 heteroatoms. The average molecular weight is 1180 g/mol. The molecule has 0 radical (unpaired) electrons. The van der Waals surface area contributed by atoms with Gasteiger partial charge in [-0.05, 0) is 199 Å². The second-order valence-electron chi connectivity index (χ2n) is 26.7. The summed E-state index contributed by atoms with van der Waals surface area (Å²) >= 11 is 0. The van der Waals surface area contributed by atoms with E-state index in [1.54, 1.807) is 7.11 Å². The molecule has 2 heterocycles. The van der Waals surface area contributed by atoms with Gasteiger partial charge in [-0.1, -0.05) is 254 Å². The van der Waals surface area contributed by atoms with Crippen LogP contribution in [-0.4, -0.2) is 16.2 Å². The molecule has 91 heavy (non-hydrogen) atoms. The lowest BCUT2D eigenvalue weighted by Gasteiger charge is -2.27. The highest BCUT2D eigenvalue weighted by atomic mass is 16.5. The lowest BCUT2D eigenvalue weighted by Crippen LogP contribution is -2.16. The Morgan fingerprint density at radius 3 is 1.02 bits per heavy atom. The van der Waals surface area contributed by atoms with Crippen LogP contribution < -0.4 is 4.74 Å². The Balaban J connectivity index is 0.000000153. The molecule has 0 unspecified atom stereocenters. The molecule has 0 saturated heterocycles. The third-order valence-corrected chi connectivity index (χ3v) is 19.2. The van der Waals surface area contributed by atoms with Crippen LogP contribution in [0.1, 0.15) is 59.6 Å². The topological polar surface area (TPSA) is 19.1 Å². The monoisotopic (exact) mass is 1170 g/mol. The van der Waals surface area contributed by atoms with E-state index in [1.807, 2.05) is 12.1 Å². The summed E-state index contributed by atoms with van der Waals surface area (Å²) in [6.45, 7) is 17.1. The van der Waals surface area contributed by atoms with E-state index in [0.717, 1.165) is 12.3 Å². The van der Waals surface area contributed by atoms with E-state index >= 15 is 0 Å². The molecular formula is C88H74N2O. The van der Waals surface area contributed by atoms with Gasteiger partial charge in [-0.15, -0.1) is 0 Å². The Labute approximate surface area is 534 Å². The van der Waals surface area contributed by atoms with Gasteiger partial charge in [-0.3, -0.25) is 0 Å². The average Bonchev–Trinajstić information content (AvgIpc) is 1.60. The van der Waals surface area contributed by atoms with Gasteiger partial charge in [0.05, 0.1) is 7.11 Å². The van der Waals surface area contributed by atoms with E-state index in [-0.39, 0.29) is 10.8 Å². The van der Waals surface area contributed by atoms with Gasteiger partial charge in [-0.2, -0.15) is 0 Å². The summed E-state index contributed by atoms with van der Waals surface area (Å²) in [5.41, 5.74) is 22.9. The Hall–Kier alpha value is -10.5. The fourth-order valence-electron chi connectivity index (χ4n) is 14.5. The summed E-state index contributed by atoms with van der Waals surface area (Å²) in [6.07, 6.45) is 0. The zero-order valence-corrected chi connectivity index (χ0v) is 53.5. The smallest absolute Gasteiger partial charge is 0.118 e. The lowest BCUT2D eigenvalue weighted by atomic mass is 9.77. The first-order valence-corrected chi connectivity index (χ1v) is 32.1. The first-order valence-electron chi connectivity index (χ1n) is 32.1. The molecule has 0 saturated carbocycles. The maximum atomic E-state index is 5.45. The molecule has 0 aliphatic heterocycles. The molecule has 0 spiro atoms. The summed E-state index contributed by atoms with van der Waals surface area (Å²) in [7, 11) is 3.86. The number of nitrogens with zero attached hydrogens (tertiary/aromatic N) is 2. The molecule has 3 nitrogen and oxygen atoms in total. The van der Waals surface area contributed by atoms with Crippen molar-refractivity contribution in [3.05, 3.63) is 284 Å². The summed E-state index contributed by atoms with van der Waals surface area (Å²) in [4.78, 5) is 0. The van der Waals surface area contributed by atoms with E-state index < -0.39 is 0 Å². The number of ether oxygens (including phenoxy) is 1. The van der Waals surface area contributed by atoms with Crippen LogP contribution in [0.4, 0.5) is 0 Å². The van der Waals surface area contributed by atoms with E-state index in [4.69, 9.17) is 4.74 Å². The molecule has 2 aromatic heterocycles. The molecule has 0 amide bonds. The summed E-state index contributed by atoms with van der Waals surface area (Å²) < 4.78 is 10.2. The number of hydrogen-bond donors (Lipinski definition) is 0.